The van der Waals surface area contributed by atoms with Crippen LogP contribution in [-0.4, -0.2) is 45.8 Å². The molecule has 2 aromatic carbocycles. The fourth-order valence-corrected chi connectivity index (χ4v) is 8.77. The highest BCUT2D eigenvalue weighted by molar-refractivity contribution is 8.13. The van der Waals surface area contributed by atoms with Crippen LogP contribution in [0.5, 0.6) is 5.75 Å². The van der Waals surface area contributed by atoms with Crippen LogP contribution in [0, 0.1) is 11.5 Å². The number of thioether (sulfide) groups is 1. The number of ether oxygens (including phenoxy) is 1. The molecule has 41 heavy (non-hydrogen) atoms. The lowest BCUT2D eigenvalue weighted by molar-refractivity contribution is -0.697. The molecule has 3 N–H and O–H groups in total. The summed E-state index contributed by atoms with van der Waals surface area (Å²) in [5.41, 5.74) is 0.0174. The number of nitrogens with one attached hydrogen (secondary N) is 1. The lowest BCUT2D eigenvalue weighted by Crippen LogP contribution is -2.53. The normalized spacial score (nSPS) is 19.1. The molecule has 4 rings (SSSR count). The first kappa shape index (κ1) is 30.8. The highest BCUT2D eigenvalue weighted by atomic mass is 32.3. The van der Waals surface area contributed by atoms with Gasteiger partial charge in [-0.05, 0) is 23.3 Å². The minimum atomic E-state index is -5.33. The summed E-state index contributed by atoms with van der Waals surface area (Å²) in [7, 11) is -10.4. The molecule has 1 aliphatic rings. The third kappa shape index (κ3) is 7.38. The van der Waals surface area contributed by atoms with Crippen LogP contribution in [0.15, 0.2) is 85.2 Å². The first-order valence-corrected chi connectivity index (χ1v) is 16.0. The first-order chi connectivity index (χ1) is 19.3. The van der Waals surface area contributed by atoms with Gasteiger partial charge in [-0.1, -0.05) is 65.3 Å². The fourth-order valence-electron chi connectivity index (χ4n) is 3.97. The zero-order valence-electron chi connectivity index (χ0n) is 20.9. The van der Waals surface area contributed by atoms with Gasteiger partial charge in [0.05, 0.1) is 0 Å². The maximum Gasteiger partial charge on any atom is 0.480 e. The zero-order chi connectivity index (χ0) is 29.8. The number of nitrogens with zero attached hydrogens (tertiary/aromatic N) is 4. The molecule has 17 heteroatoms. The molecular weight excluding hydrogens is 606 g/mol. The number of aromatic nitrogens is 1. The topological polar surface area (TPSA) is 147 Å². The predicted octanol–water partition coefficient (Wildman–Crippen LogP) is 3.40. The van der Waals surface area contributed by atoms with Crippen LogP contribution in [0.3, 0.4) is 0 Å². The number of alkyl halides is 3. The summed E-state index contributed by atoms with van der Waals surface area (Å²) >= 11 is 0.269. The standard InChI is InChI=1S/C24H23F3N5O6PS2/c25-24(26,27)32-23(41(36,37)29-21(39(33,34)35)18-7-3-1-4-8-18)40-22(31(32)17-28)19-9-11-20(12-10-19)38-16-15-30-13-5-2-6-14-30/h1-14,21-23,29H,15-16H2,(H-,33,34,35)/p+1. The Labute approximate surface area is 238 Å². The van der Waals surface area contributed by atoms with Gasteiger partial charge in [0.2, 0.25) is 14.7 Å². The summed E-state index contributed by atoms with van der Waals surface area (Å²) in [5.74, 6) is -1.74. The van der Waals surface area contributed by atoms with E-state index in [9.17, 15) is 41.2 Å². The van der Waals surface area contributed by atoms with E-state index >= 15 is 0 Å². The minimum Gasteiger partial charge on any atom is -0.487 e. The monoisotopic (exact) mass is 630 g/mol. The zero-order valence-corrected chi connectivity index (χ0v) is 23.5. The van der Waals surface area contributed by atoms with E-state index in [0.717, 1.165) is 0 Å². The second kappa shape index (κ2) is 12.4. The number of rotatable bonds is 10. The Morgan fingerprint density at radius 1 is 1.07 bits per heavy atom. The second-order valence-electron chi connectivity index (χ2n) is 8.65. The van der Waals surface area contributed by atoms with Crippen molar-refractivity contribution in [2.24, 2.45) is 0 Å². The molecule has 2 heterocycles. The summed E-state index contributed by atoms with van der Waals surface area (Å²) in [5, 5.41) is 7.81. The highest BCUT2D eigenvalue weighted by Gasteiger charge is 2.59. The lowest BCUT2D eigenvalue weighted by atomic mass is 10.2. The van der Waals surface area contributed by atoms with Crippen molar-refractivity contribution in [2.75, 3.05) is 6.61 Å². The summed E-state index contributed by atoms with van der Waals surface area (Å²) in [4.78, 5) is 19.6. The average Bonchev–Trinajstić information content (AvgIpc) is 3.34. The number of hydrogen-bond donors (Lipinski definition) is 3. The molecule has 0 saturated carbocycles. The van der Waals surface area contributed by atoms with Gasteiger partial charge in [0, 0.05) is 12.1 Å². The molecule has 1 fully saturated rings. The summed E-state index contributed by atoms with van der Waals surface area (Å²) in [6.07, 6.45) is -0.232. The molecule has 0 amide bonds. The van der Waals surface area contributed by atoms with Crippen molar-refractivity contribution in [3.05, 3.63) is 96.3 Å². The Morgan fingerprint density at radius 3 is 2.24 bits per heavy atom. The van der Waals surface area contributed by atoms with Crippen LogP contribution >= 0.6 is 19.4 Å². The van der Waals surface area contributed by atoms with E-state index in [2.05, 4.69) is 0 Å². The SMILES string of the molecule is N#CN1C(c2ccc(OCC[n+]3ccccc3)cc2)SC(S(=O)(=O)NC(c2ccccc2)P(=O)(O)O)N1C(F)(F)F. The molecule has 1 aromatic heterocycles. The fraction of sp³-hybridized carbons (Fsp3) is 0.250. The van der Waals surface area contributed by atoms with Crippen LogP contribution in [0.4, 0.5) is 13.2 Å². The van der Waals surface area contributed by atoms with Gasteiger partial charge in [-0.2, -0.15) is 23.2 Å². The molecule has 218 valence electrons. The van der Waals surface area contributed by atoms with Crippen molar-refractivity contribution in [1.82, 2.24) is 14.7 Å². The number of sulfonamides is 1. The Hall–Kier alpha value is -3.16. The second-order valence-corrected chi connectivity index (χ2v) is 13.6. The van der Waals surface area contributed by atoms with Gasteiger partial charge in [-0.15, -0.1) is 0 Å². The molecule has 3 aromatic rings. The van der Waals surface area contributed by atoms with Gasteiger partial charge in [-0.25, -0.2) is 18.0 Å². The van der Waals surface area contributed by atoms with E-state index < -0.39 is 44.8 Å². The smallest absolute Gasteiger partial charge is 0.480 e. The Morgan fingerprint density at radius 2 is 1.68 bits per heavy atom. The van der Waals surface area contributed by atoms with E-state index in [4.69, 9.17) is 4.74 Å². The van der Waals surface area contributed by atoms with E-state index in [-0.39, 0.29) is 27.9 Å². The third-order valence-corrected chi connectivity index (χ3v) is 10.6. The molecule has 0 radical (unpaired) electrons. The van der Waals surface area contributed by atoms with Gasteiger partial charge >= 0.3 is 13.9 Å². The highest BCUT2D eigenvalue weighted by Crippen LogP contribution is 2.54. The summed E-state index contributed by atoms with van der Waals surface area (Å²) in [6, 6.07) is 18.1. The third-order valence-electron chi connectivity index (χ3n) is 5.82. The molecule has 3 atom stereocenters. The number of hydrogen-bond acceptors (Lipinski definition) is 8. The van der Waals surface area contributed by atoms with Crippen molar-refractivity contribution in [3.63, 3.8) is 0 Å². The van der Waals surface area contributed by atoms with Crippen molar-refractivity contribution < 1.29 is 45.2 Å². The number of benzene rings is 2. The van der Waals surface area contributed by atoms with E-state index in [1.807, 2.05) is 35.2 Å². The van der Waals surface area contributed by atoms with Crippen molar-refractivity contribution >= 4 is 29.4 Å². The van der Waals surface area contributed by atoms with Crippen LogP contribution in [0.25, 0.3) is 0 Å². The van der Waals surface area contributed by atoms with Gasteiger partial charge in [0.25, 0.3) is 0 Å². The van der Waals surface area contributed by atoms with Crippen molar-refractivity contribution in [1.29, 1.82) is 5.26 Å². The van der Waals surface area contributed by atoms with Gasteiger partial charge < -0.3 is 14.5 Å². The minimum absolute atomic E-state index is 0.152. The van der Waals surface area contributed by atoms with E-state index in [1.54, 1.807) is 4.72 Å². The molecular formula is C24H24F3N5O6PS2+. The van der Waals surface area contributed by atoms with Crippen molar-refractivity contribution in [3.8, 4) is 11.9 Å². The van der Waals surface area contributed by atoms with Gasteiger partial charge in [-0.3, -0.25) is 4.57 Å². The molecule has 0 aliphatic carbocycles. The molecule has 1 aliphatic heterocycles. The molecule has 11 nitrogen and oxygen atoms in total. The Bertz CT molecular complexity index is 1520. The van der Waals surface area contributed by atoms with Crippen LogP contribution in [0.2, 0.25) is 0 Å². The first-order valence-electron chi connectivity index (χ1n) is 11.8. The summed E-state index contributed by atoms with van der Waals surface area (Å²) in [6.45, 7) is 0.835. The number of nitriles is 1. The van der Waals surface area contributed by atoms with Crippen LogP contribution in [0.1, 0.15) is 22.3 Å². The van der Waals surface area contributed by atoms with Crippen molar-refractivity contribution in [2.45, 2.75) is 28.7 Å². The van der Waals surface area contributed by atoms with Crippen LogP contribution < -0.4 is 14.0 Å². The molecule has 3 unspecified atom stereocenters. The lowest BCUT2D eigenvalue weighted by Gasteiger charge is -2.30. The van der Waals surface area contributed by atoms with Gasteiger partial charge in [0.1, 0.15) is 23.5 Å². The molecule has 0 bridgehead atoms. The molecule has 1 saturated heterocycles. The van der Waals surface area contributed by atoms with E-state index in [1.165, 1.54) is 60.8 Å². The molecule has 0 spiro atoms. The van der Waals surface area contributed by atoms with E-state index in [0.29, 0.717) is 18.9 Å². The van der Waals surface area contributed by atoms with Gasteiger partial charge in [0.15, 0.2) is 25.1 Å². The maximum atomic E-state index is 14.2. The van der Waals surface area contributed by atoms with Crippen LogP contribution in [-0.2, 0) is 21.1 Å². The quantitative estimate of drug-likeness (QED) is 0.132. The summed E-state index contributed by atoms with van der Waals surface area (Å²) < 4.78 is 88.0. The largest absolute Gasteiger partial charge is 0.487 e. The maximum absolute atomic E-state index is 14.2. The number of halogens is 3. The average molecular weight is 631 g/mol. The Kier molecular flexibility index (Phi) is 9.29. The Balaban J connectivity index is 1.57. The number of pyridine rings is 1. The number of hydrazine groups is 1. The predicted molar refractivity (Wildman–Crippen MR) is 141 cm³/mol.